The lowest BCUT2D eigenvalue weighted by Gasteiger charge is -2.26. The van der Waals surface area contributed by atoms with Crippen LogP contribution in [0.4, 0.5) is 0 Å². The number of aliphatic hydroxyl groups excluding tert-OH is 1. The van der Waals surface area contributed by atoms with Crippen LogP contribution in [0.3, 0.4) is 0 Å². The third-order valence-corrected chi connectivity index (χ3v) is 5.85. The Balaban J connectivity index is 2.12. The van der Waals surface area contributed by atoms with E-state index in [1.807, 2.05) is 25.9 Å². The van der Waals surface area contributed by atoms with E-state index in [1.165, 1.54) is 4.90 Å². The van der Waals surface area contributed by atoms with E-state index < -0.39 is 17.7 Å². The van der Waals surface area contributed by atoms with Gasteiger partial charge in [-0.1, -0.05) is 30.3 Å². The fraction of sp³-hybridized carbons (Fsp3) is 0.333. The number of hydrogen-bond donors (Lipinski definition) is 1. The normalized spacial score (nSPS) is 17.2. The Bertz CT molecular complexity index is 1110. The second-order valence-corrected chi connectivity index (χ2v) is 8.83. The number of Topliss-reactive ketones (excluding diaryl/α,β-unsaturated/α-hetero) is 1. The highest BCUT2D eigenvalue weighted by Gasteiger charge is 2.46. The third kappa shape index (κ3) is 6.05. The van der Waals surface area contributed by atoms with Crippen molar-refractivity contribution in [3.8, 4) is 11.5 Å². The predicted molar refractivity (Wildman–Crippen MR) is 137 cm³/mol. The summed E-state index contributed by atoms with van der Waals surface area (Å²) in [7, 11) is 3.89. The van der Waals surface area contributed by atoms with Crippen LogP contribution in [0.2, 0.25) is 5.02 Å². The Morgan fingerprint density at radius 1 is 1.14 bits per heavy atom. The van der Waals surface area contributed by atoms with Gasteiger partial charge in [0.15, 0.2) is 11.5 Å². The minimum Gasteiger partial charge on any atom is -0.507 e. The summed E-state index contributed by atoms with van der Waals surface area (Å²) in [6.45, 7) is 7.33. The van der Waals surface area contributed by atoms with Gasteiger partial charge < -0.3 is 24.4 Å². The molecule has 1 saturated heterocycles. The standard InChI is InChI=1S/C27H31ClN2O5/c1-5-16-35-21-13-10-19(17-22(21)34-6-2)24-23(25(31)18-8-11-20(28)12-9-18)26(32)27(33)30(24)15-7-14-29(3)4/h5,8-13,17,24,31H,1,6-7,14-16H2,2-4H3. The molecule has 1 unspecified atom stereocenters. The number of ketones is 1. The molecule has 1 aliphatic rings. The van der Waals surface area contributed by atoms with Gasteiger partial charge in [-0.2, -0.15) is 0 Å². The largest absolute Gasteiger partial charge is 0.507 e. The van der Waals surface area contributed by atoms with Gasteiger partial charge >= 0.3 is 0 Å². The maximum absolute atomic E-state index is 13.2. The second-order valence-electron chi connectivity index (χ2n) is 8.40. The molecule has 1 atom stereocenters. The fourth-order valence-electron chi connectivity index (χ4n) is 4.01. The molecule has 2 aromatic rings. The summed E-state index contributed by atoms with van der Waals surface area (Å²) in [5.41, 5.74) is 1.07. The van der Waals surface area contributed by atoms with Gasteiger partial charge in [-0.25, -0.2) is 0 Å². The molecule has 1 N–H and O–H groups in total. The molecule has 186 valence electrons. The molecule has 1 fully saturated rings. The van der Waals surface area contributed by atoms with E-state index in [0.717, 1.165) is 6.54 Å². The Labute approximate surface area is 211 Å². The van der Waals surface area contributed by atoms with Crippen molar-refractivity contribution < 1.29 is 24.2 Å². The van der Waals surface area contributed by atoms with Crippen molar-refractivity contribution in [2.45, 2.75) is 19.4 Å². The van der Waals surface area contributed by atoms with Gasteiger partial charge in [0.1, 0.15) is 12.4 Å². The maximum Gasteiger partial charge on any atom is 0.295 e. The number of benzene rings is 2. The first-order valence-corrected chi connectivity index (χ1v) is 11.9. The smallest absolute Gasteiger partial charge is 0.295 e. The van der Waals surface area contributed by atoms with Gasteiger partial charge in [0, 0.05) is 17.1 Å². The van der Waals surface area contributed by atoms with Crippen molar-refractivity contribution in [2.24, 2.45) is 0 Å². The molecule has 8 heteroatoms. The molecule has 0 bridgehead atoms. The number of ether oxygens (including phenoxy) is 2. The number of likely N-dealkylation sites (tertiary alicyclic amines) is 1. The van der Waals surface area contributed by atoms with Gasteiger partial charge in [0.25, 0.3) is 11.7 Å². The summed E-state index contributed by atoms with van der Waals surface area (Å²) in [4.78, 5) is 29.8. The molecule has 0 radical (unpaired) electrons. The summed E-state index contributed by atoms with van der Waals surface area (Å²) in [6.07, 6.45) is 2.30. The van der Waals surface area contributed by atoms with E-state index >= 15 is 0 Å². The first-order chi connectivity index (χ1) is 16.8. The number of nitrogens with zero attached hydrogens (tertiary/aromatic N) is 2. The topological polar surface area (TPSA) is 79.3 Å². The predicted octanol–water partition coefficient (Wildman–Crippen LogP) is 4.68. The molecule has 0 saturated carbocycles. The molecule has 7 nitrogen and oxygen atoms in total. The minimum atomic E-state index is -0.777. The summed E-state index contributed by atoms with van der Waals surface area (Å²) >= 11 is 5.99. The second kappa shape index (κ2) is 11.9. The van der Waals surface area contributed by atoms with E-state index in [4.69, 9.17) is 21.1 Å². The van der Waals surface area contributed by atoms with E-state index in [1.54, 1.807) is 48.5 Å². The summed E-state index contributed by atoms with van der Waals surface area (Å²) < 4.78 is 11.5. The van der Waals surface area contributed by atoms with Gasteiger partial charge in [0.2, 0.25) is 0 Å². The van der Waals surface area contributed by atoms with Crippen LogP contribution in [0, 0.1) is 0 Å². The molecule has 0 aliphatic carbocycles. The van der Waals surface area contributed by atoms with Crippen molar-refractivity contribution in [3.63, 3.8) is 0 Å². The maximum atomic E-state index is 13.2. The average molecular weight is 499 g/mol. The Hall–Kier alpha value is -3.29. The van der Waals surface area contributed by atoms with Crippen LogP contribution in [0.1, 0.15) is 30.5 Å². The third-order valence-electron chi connectivity index (χ3n) is 5.60. The number of aliphatic hydroxyl groups is 1. The van der Waals surface area contributed by atoms with Crippen molar-refractivity contribution in [3.05, 3.63) is 76.8 Å². The Morgan fingerprint density at radius 2 is 1.86 bits per heavy atom. The van der Waals surface area contributed by atoms with Crippen LogP contribution < -0.4 is 9.47 Å². The van der Waals surface area contributed by atoms with Crippen molar-refractivity contribution >= 4 is 29.1 Å². The lowest BCUT2D eigenvalue weighted by molar-refractivity contribution is -0.139. The average Bonchev–Trinajstić information content (AvgIpc) is 3.08. The molecule has 1 amide bonds. The highest BCUT2D eigenvalue weighted by atomic mass is 35.5. The molecule has 2 aromatic carbocycles. The van der Waals surface area contributed by atoms with Gasteiger partial charge in [-0.05, 0) is 75.9 Å². The first kappa shape index (κ1) is 26.3. The van der Waals surface area contributed by atoms with Crippen molar-refractivity contribution in [1.29, 1.82) is 0 Å². The quantitative estimate of drug-likeness (QED) is 0.210. The molecular weight excluding hydrogens is 468 g/mol. The van der Waals surface area contributed by atoms with E-state index in [0.29, 0.717) is 53.8 Å². The minimum absolute atomic E-state index is 0.0318. The highest BCUT2D eigenvalue weighted by molar-refractivity contribution is 6.46. The lowest BCUT2D eigenvalue weighted by Crippen LogP contribution is -2.32. The van der Waals surface area contributed by atoms with Crippen LogP contribution in [0.25, 0.3) is 5.76 Å². The van der Waals surface area contributed by atoms with E-state index in [-0.39, 0.29) is 11.3 Å². The number of amides is 1. The molecular formula is C27H31ClN2O5. The molecule has 0 spiro atoms. The van der Waals surface area contributed by atoms with Crippen molar-refractivity contribution in [2.75, 3.05) is 40.4 Å². The van der Waals surface area contributed by atoms with Gasteiger partial charge in [-0.3, -0.25) is 9.59 Å². The first-order valence-electron chi connectivity index (χ1n) is 11.5. The van der Waals surface area contributed by atoms with Crippen molar-refractivity contribution in [1.82, 2.24) is 9.80 Å². The lowest BCUT2D eigenvalue weighted by atomic mass is 9.95. The zero-order valence-electron chi connectivity index (χ0n) is 20.3. The number of hydrogen-bond acceptors (Lipinski definition) is 6. The zero-order valence-corrected chi connectivity index (χ0v) is 21.0. The Morgan fingerprint density at radius 3 is 2.49 bits per heavy atom. The SMILES string of the molecule is C=CCOc1ccc(C2C(=C(O)c3ccc(Cl)cc3)C(=O)C(=O)N2CCCN(C)C)cc1OCC. The monoisotopic (exact) mass is 498 g/mol. The van der Waals surface area contributed by atoms with Gasteiger partial charge in [-0.15, -0.1) is 0 Å². The number of rotatable bonds is 11. The molecule has 1 aliphatic heterocycles. The number of halogens is 1. The molecule has 3 rings (SSSR count). The van der Waals surface area contributed by atoms with Crippen LogP contribution >= 0.6 is 11.6 Å². The molecule has 0 aromatic heterocycles. The van der Waals surface area contributed by atoms with Gasteiger partial charge in [0.05, 0.1) is 18.2 Å². The molecule has 1 heterocycles. The number of carbonyl (C=O) groups excluding carboxylic acids is 2. The van der Waals surface area contributed by atoms with Crippen LogP contribution in [0.15, 0.2) is 60.7 Å². The summed E-state index contributed by atoms with van der Waals surface area (Å²) in [5.74, 6) is -0.605. The summed E-state index contributed by atoms with van der Waals surface area (Å²) in [5, 5.41) is 11.7. The highest BCUT2D eigenvalue weighted by Crippen LogP contribution is 2.42. The van der Waals surface area contributed by atoms with E-state index in [2.05, 4.69) is 6.58 Å². The number of carbonyl (C=O) groups is 2. The van der Waals surface area contributed by atoms with E-state index in [9.17, 15) is 14.7 Å². The zero-order chi connectivity index (χ0) is 25.5. The van der Waals surface area contributed by atoms with Crippen LogP contribution in [0.5, 0.6) is 11.5 Å². The van der Waals surface area contributed by atoms with Crippen LogP contribution in [-0.4, -0.2) is 67.0 Å². The fourth-order valence-corrected chi connectivity index (χ4v) is 4.13. The molecule has 35 heavy (non-hydrogen) atoms. The summed E-state index contributed by atoms with van der Waals surface area (Å²) in [6, 6.07) is 11.0. The van der Waals surface area contributed by atoms with Crippen LogP contribution in [-0.2, 0) is 9.59 Å². The Kier molecular flexibility index (Phi) is 8.95.